The van der Waals surface area contributed by atoms with E-state index in [-0.39, 0.29) is 10.6 Å². The molecule has 0 aliphatic heterocycles. The average Bonchev–Trinajstić information content (AvgIpc) is 2.77. The van der Waals surface area contributed by atoms with E-state index in [2.05, 4.69) is 5.32 Å². The Kier molecular flexibility index (Phi) is 7.71. The minimum Gasteiger partial charge on any atom is -0.354 e. The van der Waals surface area contributed by atoms with Gasteiger partial charge in [0.2, 0.25) is 5.91 Å². The lowest BCUT2D eigenvalue weighted by atomic mass is 9.89. The molecule has 174 valence electrons. The minimum atomic E-state index is -4.78. The maximum absolute atomic E-state index is 13.4. The van der Waals surface area contributed by atoms with Crippen molar-refractivity contribution in [2.24, 2.45) is 5.92 Å². The van der Waals surface area contributed by atoms with Gasteiger partial charge in [-0.15, -0.1) is 0 Å². The third kappa shape index (κ3) is 5.95. The van der Waals surface area contributed by atoms with E-state index in [0.717, 1.165) is 44.2 Å². The van der Waals surface area contributed by atoms with Crippen molar-refractivity contribution in [1.82, 2.24) is 5.32 Å². The van der Waals surface area contributed by atoms with Gasteiger partial charge in [0, 0.05) is 6.54 Å². The number of amides is 1. The summed E-state index contributed by atoms with van der Waals surface area (Å²) in [6.45, 7) is -0.241. The van der Waals surface area contributed by atoms with Gasteiger partial charge in [-0.2, -0.15) is 13.2 Å². The fourth-order valence-electron chi connectivity index (χ4n) is 3.76. The zero-order chi connectivity index (χ0) is 23.4. The summed E-state index contributed by atoms with van der Waals surface area (Å²) in [5, 5.41) is 2.18. The standard InChI is InChI=1S/C22H24ClF3N2O3S/c23-20-12-11-17(13-19(20)22(24,25)26)28(32(30,31)18-9-5-2-6-10-18)15-21(29)27-14-16-7-3-1-4-8-16/h2,5-6,9-13,16H,1,3-4,7-8,14-15H2,(H,27,29). The second-order valence-corrected chi connectivity index (χ2v) is 10.1. The monoisotopic (exact) mass is 488 g/mol. The Morgan fingerprint density at radius 2 is 1.72 bits per heavy atom. The lowest BCUT2D eigenvalue weighted by Crippen LogP contribution is -2.42. The molecule has 0 saturated heterocycles. The summed E-state index contributed by atoms with van der Waals surface area (Å²) < 4.78 is 67.3. The molecule has 2 aromatic carbocycles. The number of carbonyl (C=O) groups is 1. The van der Waals surface area contributed by atoms with Gasteiger partial charge in [-0.25, -0.2) is 8.42 Å². The van der Waals surface area contributed by atoms with Crippen LogP contribution < -0.4 is 9.62 Å². The first-order valence-corrected chi connectivity index (χ1v) is 12.1. The van der Waals surface area contributed by atoms with Gasteiger partial charge in [0.15, 0.2) is 0 Å². The number of nitrogens with zero attached hydrogens (tertiary/aromatic N) is 1. The molecular formula is C22H24ClF3N2O3S. The Bertz CT molecular complexity index is 1040. The van der Waals surface area contributed by atoms with E-state index in [4.69, 9.17) is 11.6 Å². The molecule has 1 fully saturated rings. The molecular weight excluding hydrogens is 465 g/mol. The highest BCUT2D eigenvalue weighted by Crippen LogP contribution is 2.38. The molecule has 0 heterocycles. The predicted octanol–water partition coefficient (Wildman–Crippen LogP) is 5.25. The summed E-state index contributed by atoms with van der Waals surface area (Å²) in [5.74, 6) is -0.266. The molecule has 0 aromatic heterocycles. The maximum atomic E-state index is 13.4. The highest BCUT2D eigenvalue weighted by molar-refractivity contribution is 7.92. The van der Waals surface area contributed by atoms with Crippen molar-refractivity contribution in [3.05, 3.63) is 59.1 Å². The second kappa shape index (κ2) is 10.1. The Balaban J connectivity index is 1.91. The quantitative estimate of drug-likeness (QED) is 0.578. The van der Waals surface area contributed by atoms with Gasteiger partial charge in [-0.05, 0) is 49.1 Å². The maximum Gasteiger partial charge on any atom is 0.417 e. The SMILES string of the molecule is O=C(CN(c1ccc(Cl)c(C(F)(F)F)c1)S(=O)(=O)c1ccccc1)NCC1CCCCC1. The molecule has 5 nitrogen and oxygen atoms in total. The van der Waals surface area contributed by atoms with Gasteiger partial charge in [0.1, 0.15) is 6.54 Å². The van der Waals surface area contributed by atoms with Gasteiger partial charge in [-0.1, -0.05) is 49.1 Å². The van der Waals surface area contributed by atoms with Crippen LogP contribution in [-0.4, -0.2) is 27.4 Å². The zero-order valence-corrected chi connectivity index (χ0v) is 18.8. The molecule has 32 heavy (non-hydrogen) atoms. The third-order valence-electron chi connectivity index (χ3n) is 5.47. The lowest BCUT2D eigenvalue weighted by Gasteiger charge is -2.26. The Morgan fingerprint density at radius 3 is 2.34 bits per heavy atom. The average molecular weight is 489 g/mol. The Hall–Kier alpha value is -2.26. The number of rotatable bonds is 7. The van der Waals surface area contributed by atoms with Gasteiger partial charge >= 0.3 is 6.18 Å². The van der Waals surface area contributed by atoms with Crippen LogP contribution in [0.1, 0.15) is 37.7 Å². The first-order valence-electron chi connectivity index (χ1n) is 10.3. The summed E-state index contributed by atoms with van der Waals surface area (Å²) in [6.07, 6.45) is 0.515. The van der Waals surface area contributed by atoms with Gasteiger partial charge in [0.25, 0.3) is 10.0 Å². The molecule has 0 radical (unpaired) electrons. The largest absolute Gasteiger partial charge is 0.417 e. The van der Waals surface area contributed by atoms with E-state index in [1.54, 1.807) is 6.07 Å². The topological polar surface area (TPSA) is 66.5 Å². The summed E-state index contributed by atoms with van der Waals surface area (Å²) in [6, 6.07) is 10.0. The first kappa shape index (κ1) is 24.4. The van der Waals surface area contributed by atoms with E-state index in [9.17, 15) is 26.4 Å². The van der Waals surface area contributed by atoms with Crippen molar-refractivity contribution >= 4 is 33.2 Å². The molecule has 10 heteroatoms. The van der Waals surface area contributed by atoms with E-state index in [1.165, 1.54) is 24.3 Å². The fourth-order valence-corrected chi connectivity index (χ4v) is 5.41. The molecule has 2 aromatic rings. The number of benzene rings is 2. The second-order valence-electron chi connectivity index (χ2n) is 7.79. The summed E-state index contributed by atoms with van der Waals surface area (Å²) in [5.41, 5.74) is -1.47. The molecule has 1 amide bonds. The molecule has 0 atom stereocenters. The van der Waals surface area contributed by atoms with E-state index in [1.807, 2.05) is 0 Å². The highest BCUT2D eigenvalue weighted by Gasteiger charge is 2.35. The predicted molar refractivity (Wildman–Crippen MR) is 117 cm³/mol. The molecule has 1 aliphatic rings. The van der Waals surface area contributed by atoms with E-state index < -0.39 is 39.2 Å². The van der Waals surface area contributed by atoms with Crippen LogP contribution in [-0.2, 0) is 21.0 Å². The van der Waals surface area contributed by atoms with Crippen molar-refractivity contribution in [3.8, 4) is 0 Å². The smallest absolute Gasteiger partial charge is 0.354 e. The van der Waals surface area contributed by atoms with Crippen molar-refractivity contribution in [3.63, 3.8) is 0 Å². The number of nitrogens with one attached hydrogen (secondary N) is 1. The summed E-state index contributed by atoms with van der Waals surface area (Å²) >= 11 is 5.69. The first-order chi connectivity index (χ1) is 15.1. The number of hydrogen-bond donors (Lipinski definition) is 1. The zero-order valence-electron chi connectivity index (χ0n) is 17.2. The summed E-state index contributed by atoms with van der Waals surface area (Å²) in [4.78, 5) is 12.5. The van der Waals surface area contributed by atoms with Gasteiger partial charge < -0.3 is 5.32 Å². The third-order valence-corrected chi connectivity index (χ3v) is 7.59. The van der Waals surface area contributed by atoms with Crippen LogP contribution in [0, 0.1) is 5.92 Å². The van der Waals surface area contributed by atoms with Crippen molar-refractivity contribution in [2.75, 3.05) is 17.4 Å². The van der Waals surface area contributed by atoms with Crippen LogP contribution in [0.2, 0.25) is 5.02 Å². The van der Waals surface area contributed by atoms with E-state index >= 15 is 0 Å². The van der Waals surface area contributed by atoms with Crippen molar-refractivity contribution < 1.29 is 26.4 Å². The van der Waals surface area contributed by atoms with Crippen LogP contribution in [0.5, 0.6) is 0 Å². The molecule has 0 spiro atoms. The normalized spacial score (nSPS) is 15.4. The number of alkyl halides is 3. The number of sulfonamides is 1. The highest BCUT2D eigenvalue weighted by atomic mass is 35.5. The molecule has 1 saturated carbocycles. The molecule has 0 bridgehead atoms. The van der Waals surface area contributed by atoms with Gasteiger partial charge in [-0.3, -0.25) is 9.10 Å². The number of anilines is 1. The van der Waals surface area contributed by atoms with Gasteiger partial charge in [0.05, 0.1) is 21.2 Å². The molecule has 1 aliphatic carbocycles. The minimum absolute atomic E-state index is 0.136. The Labute approximate surface area is 190 Å². The van der Waals surface area contributed by atoms with Crippen molar-refractivity contribution in [2.45, 2.75) is 43.2 Å². The van der Waals surface area contributed by atoms with Crippen molar-refractivity contribution in [1.29, 1.82) is 0 Å². The number of hydrogen-bond acceptors (Lipinski definition) is 3. The van der Waals surface area contributed by atoms with Crippen LogP contribution in [0.4, 0.5) is 18.9 Å². The molecule has 1 N–H and O–H groups in total. The lowest BCUT2D eigenvalue weighted by molar-refractivity contribution is -0.137. The fraction of sp³-hybridized carbons (Fsp3) is 0.409. The van der Waals surface area contributed by atoms with Crippen LogP contribution in [0.3, 0.4) is 0 Å². The molecule has 0 unspecified atom stereocenters. The number of carbonyl (C=O) groups excluding carboxylic acids is 1. The molecule has 3 rings (SSSR count). The number of halogens is 4. The van der Waals surface area contributed by atoms with E-state index in [0.29, 0.717) is 22.8 Å². The summed E-state index contributed by atoms with van der Waals surface area (Å²) in [7, 11) is -4.31. The van der Waals surface area contributed by atoms with Crippen LogP contribution in [0.15, 0.2) is 53.4 Å². The van der Waals surface area contributed by atoms with Crippen LogP contribution in [0.25, 0.3) is 0 Å². The van der Waals surface area contributed by atoms with Crippen LogP contribution >= 0.6 is 11.6 Å². The Morgan fingerprint density at radius 1 is 1.06 bits per heavy atom.